The molecule has 1 aliphatic rings. The van der Waals surface area contributed by atoms with E-state index in [1.54, 1.807) is 20.4 Å². The molecule has 1 aromatic heterocycles. The number of carbonyl (C=O) groups is 1. The van der Waals surface area contributed by atoms with Crippen LogP contribution >= 0.6 is 0 Å². The van der Waals surface area contributed by atoms with Gasteiger partial charge in [0.15, 0.2) is 11.8 Å². The maximum atomic E-state index is 13.2. The number of aromatic nitrogens is 1. The summed E-state index contributed by atoms with van der Waals surface area (Å²) in [6, 6.07) is 17.5. The number of aryl methyl sites for hydroxylation is 1. The van der Waals surface area contributed by atoms with Gasteiger partial charge in [-0.3, -0.25) is 4.79 Å². The van der Waals surface area contributed by atoms with Crippen molar-refractivity contribution >= 4 is 17.7 Å². The van der Waals surface area contributed by atoms with Gasteiger partial charge in [-0.05, 0) is 72.4 Å². The lowest BCUT2D eigenvalue weighted by atomic mass is 9.98. The quantitative estimate of drug-likeness (QED) is 0.353. The normalized spacial score (nSPS) is 12.7. The summed E-state index contributed by atoms with van der Waals surface area (Å²) in [7, 11) is 3.24. The van der Waals surface area contributed by atoms with Crippen molar-refractivity contribution in [2.45, 2.75) is 32.7 Å². The van der Waals surface area contributed by atoms with Crippen molar-refractivity contribution in [2.24, 2.45) is 0 Å². The molecule has 0 radical (unpaired) electrons. The van der Waals surface area contributed by atoms with Crippen molar-refractivity contribution in [3.8, 4) is 33.9 Å². The zero-order valence-electron chi connectivity index (χ0n) is 22.5. The zero-order chi connectivity index (χ0) is 26.8. The highest BCUT2D eigenvalue weighted by atomic mass is 35.5. The van der Waals surface area contributed by atoms with E-state index in [-0.39, 0.29) is 18.3 Å². The van der Waals surface area contributed by atoms with E-state index in [9.17, 15) is 4.79 Å². The van der Waals surface area contributed by atoms with E-state index in [0.29, 0.717) is 23.6 Å². The third-order valence-electron chi connectivity index (χ3n) is 7.15. The van der Waals surface area contributed by atoms with Gasteiger partial charge in [0.2, 0.25) is 0 Å². The Bertz CT molecular complexity index is 1540. The van der Waals surface area contributed by atoms with Gasteiger partial charge in [0, 0.05) is 17.5 Å². The Hall–Kier alpha value is -4.07. The van der Waals surface area contributed by atoms with Crippen molar-refractivity contribution in [3.63, 3.8) is 0 Å². The summed E-state index contributed by atoms with van der Waals surface area (Å²) in [6.45, 7) is 4.06. The molecular formula is C31H32ClN3O4. The highest BCUT2D eigenvalue weighted by Crippen LogP contribution is 2.38. The van der Waals surface area contributed by atoms with Crippen LogP contribution in [0.3, 0.4) is 0 Å². The summed E-state index contributed by atoms with van der Waals surface area (Å²) in [4.78, 5) is 13.2. The van der Waals surface area contributed by atoms with Crippen LogP contribution in [0.1, 0.15) is 28.7 Å². The largest absolute Gasteiger partial charge is 1.00 e. The number of carbonyl (C=O) groups excluding carboxylic acids is 1. The topological polar surface area (TPSA) is 101 Å². The summed E-state index contributed by atoms with van der Waals surface area (Å²) in [5.41, 5.74) is 13.1. The molecule has 1 atom stereocenters. The number of ether oxygens (including phenoxy) is 2. The zero-order valence-corrected chi connectivity index (χ0v) is 23.3. The van der Waals surface area contributed by atoms with E-state index in [4.69, 9.17) is 14.0 Å². The van der Waals surface area contributed by atoms with Crippen LogP contribution in [0.4, 0.5) is 5.69 Å². The number of amides is 1. The van der Waals surface area contributed by atoms with Crippen LogP contribution < -0.4 is 32.9 Å². The monoisotopic (exact) mass is 545 g/mol. The van der Waals surface area contributed by atoms with Gasteiger partial charge in [0.05, 0.1) is 26.1 Å². The Morgan fingerprint density at radius 2 is 1.82 bits per heavy atom. The average Bonchev–Trinajstić information content (AvgIpc) is 3.57. The standard InChI is InChI=1S/C31H31N3O4.ClH/c1-18-11-24(16-29(37-4)19(18)2)30-25(17-33-38-30)23-9-10-28(36-3)27(15-23)34-31(35)26(32)14-20-12-21-7-5-6-8-22(21)13-20;/h5-12,15-17,26H,13-14,32H2,1-4H3,(H,34,35);1H. The van der Waals surface area contributed by atoms with Crippen LogP contribution in [0.25, 0.3) is 28.5 Å². The van der Waals surface area contributed by atoms with Gasteiger partial charge >= 0.3 is 0 Å². The van der Waals surface area contributed by atoms with Gasteiger partial charge < -0.3 is 37.5 Å². The van der Waals surface area contributed by atoms with Crippen molar-refractivity contribution in [1.82, 2.24) is 5.16 Å². The number of methoxy groups -OCH3 is 2. The molecule has 5 rings (SSSR count). The minimum atomic E-state index is -0.446. The summed E-state index contributed by atoms with van der Waals surface area (Å²) in [5, 5.41) is 7.10. The molecule has 1 unspecified atom stereocenters. The van der Waals surface area contributed by atoms with Gasteiger partial charge in [0.1, 0.15) is 11.5 Å². The van der Waals surface area contributed by atoms with Crippen LogP contribution in [0.2, 0.25) is 0 Å². The van der Waals surface area contributed by atoms with Gasteiger partial charge in [-0.1, -0.05) is 47.1 Å². The molecule has 0 fully saturated rings. The Balaban J connectivity index is 0.00000353. The molecule has 8 heteroatoms. The van der Waals surface area contributed by atoms with Gasteiger partial charge in [0.25, 0.3) is 5.91 Å². The molecule has 1 heterocycles. The second-order valence-electron chi connectivity index (χ2n) is 9.67. The highest BCUT2D eigenvalue weighted by molar-refractivity contribution is 5.96. The molecule has 7 nitrogen and oxygen atoms in total. The molecule has 1 amide bonds. The first-order valence-corrected chi connectivity index (χ1v) is 12.6. The highest BCUT2D eigenvalue weighted by Gasteiger charge is 2.24. The number of hydrogen-bond acceptors (Lipinski definition) is 5. The minimum Gasteiger partial charge on any atom is -1.00 e. The van der Waals surface area contributed by atoms with E-state index in [1.807, 2.05) is 50.2 Å². The minimum absolute atomic E-state index is 0. The van der Waals surface area contributed by atoms with Crippen molar-refractivity contribution in [2.75, 3.05) is 19.5 Å². The Kier molecular flexibility index (Phi) is 8.43. The van der Waals surface area contributed by atoms with Crippen LogP contribution in [0.15, 0.2) is 70.9 Å². The molecule has 1 aliphatic carbocycles. The molecule has 0 bridgehead atoms. The predicted octanol–water partition coefficient (Wildman–Crippen LogP) is 2.23. The first-order valence-electron chi connectivity index (χ1n) is 12.6. The number of nitrogens with one attached hydrogen (secondary N) is 1. The van der Waals surface area contributed by atoms with Crippen LogP contribution in [0, 0.1) is 13.8 Å². The smallest absolute Gasteiger partial charge is 0.282 e. The number of nitrogens with zero attached hydrogens (tertiary/aromatic N) is 1. The fourth-order valence-electron chi connectivity index (χ4n) is 4.92. The number of hydrogen-bond donors (Lipinski definition) is 2. The maximum absolute atomic E-state index is 13.2. The van der Waals surface area contributed by atoms with E-state index in [1.165, 1.54) is 16.7 Å². The number of benzene rings is 3. The molecule has 4 N–H and O–H groups in total. The van der Waals surface area contributed by atoms with E-state index in [0.717, 1.165) is 40.0 Å². The molecular weight excluding hydrogens is 514 g/mol. The lowest BCUT2D eigenvalue weighted by molar-refractivity contribution is -0.401. The Morgan fingerprint density at radius 1 is 1.05 bits per heavy atom. The lowest BCUT2D eigenvalue weighted by Gasteiger charge is -2.15. The van der Waals surface area contributed by atoms with Crippen LogP contribution in [-0.2, 0) is 11.2 Å². The Labute approximate surface area is 234 Å². The summed E-state index contributed by atoms with van der Waals surface area (Å²) >= 11 is 0. The summed E-state index contributed by atoms with van der Waals surface area (Å²) in [6.07, 6.45) is 5.29. The third kappa shape index (κ3) is 5.70. The van der Waals surface area contributed by atoms with E-state index >= 15 is 0 Å². The van der Waals surface area contributed by atoms with E-state index in [2.05, 4.69) is 40.5 Å². The molecule has 4 aromatic rings. The second kappa shape index (κ2) is 11.8. The summed E-state index contributed by atoms with van der Waals surface area (Å²) < 4.78 is 16.8. The lowest BCUT2D eigenvalue weighted by Crippen LogP contribution is -3.00. The number of quaternary nitrogens is 1. The van der Waals surface area contributed by atoms with Crippen molar-refractivity contribution in [3.05, 3.63) is 88.6 Å². The van der Waals surface area contributed by atoms with Gasteiger partial charge in [-0.2, -0.15) is 0 Å². The third-order valence-corrected chi connectivity index (χ3v) is 7.15. The first kappa shape index (κ1) is 28.0. The SMILES string of the molecule is COc1ccc(-c2cnoc2-c2cc(C)c(C)c(OC)c2)cc1NC(=O)C([NH3+])CC1=Cc2ccccc2C1.[Cl-]. The molecule has 0 saturated carbocycles. The molecule has 3 aromatic carbocycles. The second-order valence-corrected chi connectivity index (χ2v) is 9.67. The number of fused-ring (bicyclic) bond motifs is 1. The number of rotatable bonds is 8. The predicted molar refractivity (Wildman–Crippen MR) is 148 cm³/mol. The number of anilines is 1. The van der Waals surface area contributed by atoms with Crippen LogP contribution in [-0.4, -0.2) is 31.3 Å². The van der Waals surface area contributed by atoms with Crippen molar-refractivity contribution in [1.29, 1.82) is 0 Å². The molecule has 202 valence electrons. The maximum Gasteiger partial charge on any atom is 0.282 e. The molecule has 0 saturated heterocycles. The first-order chi connectivity index (χ1) is 18.4. The van der Waals surface area contributed by atoms with Gasteiger partial charge in [-0.25, -0.2) is 0 Å². The van der Waals surface area contributed by atoms with Crippen LogP contribution in [0.5, 0.6) is 11.5 Å². The average molecular weight is 546 g/mol. The van der Waals surface area contributed by atoms with Gasteiger partial charge in [-0.15, -0.1) is 0 Å². The summed E-state index contributed by atoms with van der Waals surface area (Å²) in [5.74, 6) is 1.80. The molecule has 39 heavy (non-hydrogen) atoms. The van der Waals surface area contributed by atoms with Crippen molar-refractivity contribution < 1.29 is 36.9 Å². The van der Waals surface area contributed by atoms with E-state index < -0.39 is 6.04 Å². The number of halogens is 1. The Morgan fingerprint density at radius 3 is 2.56 bits per heavy atom. The molecule has 0 aliphatic heterocycles. The molecule has 0 spiro atoms. The fourth-order valence-corrected chi connectivity index (χ4v) is 4.92. The fraction of sp³-hybridized carbons (Fsp3) is 0.226.